The van der Waals surface area contributed by atoms with Gasteiger partial charge in [-0.3, -0.25) is 4.79 Å². The summed E-state index contributed by atoms with van der Waals surface area (Å²) in [4.78, 5) is 10.5. The quantitative estimate of drug-likeness (QED) is 0.575. The van der Waals surface area contributed by atoms with Gasteiger partial charge in [0.2, 0.25) is 0 Å². The van der Waals surface area contributed by atoms with E-state index in [-0.39, 0.29) is 5.92 Å². The van der Waals surface area contributed by atoms with Gasteiger partial charge in [-0.1, -0.05) is 0 Å². The Kier molecular flexibility index (Phi) is 1.18. The Morgan fingerprint density at radius 3 is 2.45 bits per heavy atom. The molecule has 58 valence electrons. The normalized spacial score (nSPS) is 16.7. The summed E-state index contributed by atoms with van der Waals surface area (Å²) in [5, 5.41) is 18.8. The Morgan fingerprint density at radius 2 is 2.00 bits per heavy atom. The number of carbonyl (C=O) groups is 1. The van der Waals surface area contributed by atoms with Gasteiger partial charge >= 0.3 is 5.97 Å². The van der Waals surface area contributed by atoms with Crippen molar-refractivity contribution in [1.29, 1.82) is 0 Å². The molecule has 1 heterocycles. The number of aromatic nitrogens is 3. The SMILES string of the molecule is O=C(O)C1Cc2n[nH]nc2C1. The lowest BCUT2D eigenvalue weighted by molar-refractivity contribution is -0.141. The number of rotatable bonds is 1. The first-order valence-corrected chi connectivity index (χ1v) is 3.38. The van der Waals surface area contributed by atoms with Crippen LogP contribution >= 0.6 is 0 Å². The summed E-state index contributed by atoms with van der Waals surface area (Å²) in [5.41, 5.74) is 1.61. The van der Waals surface area contributed by atoms with Gasteiger partial charge in [0.05, 0.1) is 17.3 Å². The average molecular weight is 153 g/mol. The zero-order valence-corrected chi connectivity index (χ0v) is 5.74. The highest BCUT2D eigenvalue weighted by Gasteiger charge is 2.29. The van der Waals surface area contributed by atoms with E-state index in [0.717, 1.165) is 11.4 Å². The number of aromatic amines is 1. The standard InChI is InChI=1S/C6H7N3O2/c10-6(11)3-1-4-5(2-3)8-9-7-4/h3H,1-2H2,(H,10,11)(H,7,8,9). The van der Waals surface area contributed by atoms with Crippen LogP contribution in [-0.4, -0.2) is 26.5 Å². The minimum absolute atomic E-state index is 0.311. The van der Waals surface area contributed by atoms with Crippen LogP contribution in [0.4, 0.5) is 0 Å². The van der Waals surface area contributed by atoms with E-state index in [1.54, 1.807) is 0 Å². The molecule has 11 heavy (non-hydrogen) atoms. The first-order valence-electron chi connectivity index (χ1n) is 3.38. The Hall–Kier alpha value is -1.39. The van der Waals surface area contributed by atoms with Crippen LogP contribution in [0, 0.1) is 5.92 Å². The number of nitrogens with one attached hydrogen (secondary N) is 1. The van der Waals surface area contributed by atoms with Crippen molar-refractivity contribution < 1.29 is 9.90 Å². The molecule has 1 aromatic rings. The van der Waals surface area contributed by atoms with Crippen molar-refractivity contribution in [1.82, 2.24) is 15.4 Å². The second-order valence-electron chi connectivity index (χ2n) is 2.66. The molecular weight excluding hydrogens is 146 g/mol. The lowest BCUT2D eigenvalue weighted by Crippen LogP contribution is -2.13. The molecule has 1 aromatic heterocycles. The number of nitrogens with zero attached hydrogens (tertiary/aromatic N) is 2. The molecule has 1 aliphatic carbocycles. The van der Waals surface area contributed by atoms with Crippen LogP contribution in [0.5, 0.6) is 0 Å². The van der Waals surface area contributed by atoms with Gasteiger partial charge in [-0.2, -0.15) is 15.4 Å². The minimum atomic E-state index is -0.759. The summed E-state index contributed by atoms with van der Waals surface area (Å²) in [6.45, 7) is 0. The van der Waals surface area contributed by atoms with E-state index in [4.69, 9.17) is 5.11 Å². The van der Waals surface area contributed by atoms with Crippen LogP contribution in [0.3, 0.4) is 0 Å². The van der Waals surface area contributed by atoms with Gasteiger partial charge in [-0.05, 0) is 0 Å². The van der Waals surface area contributed by atoms with E-state index in [1.165, 1.54) is 0 Å². The first-order chi connectivity index (χ1) is 5.27. The highest BCUT2D eigenvalue weighted by atomic mass is 16.4. The molecule has 0 atom stereocenters. The number of H-pyrrole nitrogens is 1. The maximum atomic E-state index is 10.5. The van der Waals surface area contributed by atoms with Crippen molar-refractivity contribution in [3.8, 4) is 0 Å². The lowest BCUT2D eigenvalue weighted by Gasteiger charge is -1.98. The molecule has 0 spiro atoms. The molecule has 0 radical (unpaired) electrons. The second kappa shape index (κ2) is 2.05. The predicted molar refractivity (Wildman–Crippen MR) is 34.9 cm³/mol. The van der Waals surface area contributed by atoms with Crippen LogP contribution in [-0.2, 0) is 17.6 Å². The molecule has 5 heteroatoms. The molecule has 1 aliphatic rings. The van der Waals surface area contributed by atoms with Crippen molar-refractivity contribution in [3.63, 3.8) is 0 Å². The van der Waals surface area contributed by atoms with E-state index in [0.29, 0.717) is 12.8 Å². The molecule has 0 amide bonds. The summed E-state index contributed by atoms with van der Waals surface area (Å²) in [5.74, 6) is -1.07. The average Bonchev–Trinajstić information content (AvgIpc) is 2.40. The number of fused-ring (bicyclic) bond motifs is 1. The molecule has 0 bridgehead atoms. The zero-order valence-electron chi connectivity index (χ0n) is 5.74. The smallest absolute Gasteiger partial charge is 0.307 e. The van der Waals surface area contributed by atoms with Crippen LogP contribution < -0.4 is 0 Å². The Bertz CT molecular complexity index is 273. The third-order valence-corrected chi connectivity index (χ3v) is 1.93. The molecular formula is C6H7N3O2. The summed E-state index contributed by atoms with van der Waals surface area (Å²) in [6, 6.07) is 0. The third-order valence-electron chi connectivity index (χ3n) is 1.93. The summed E-state index contributed by atoms with van der Waals surface area (Å²) >= 11 is 0. The third kappa shape index (κ3) is 0.886. The largest absolute Gasteiger partial charge is 0.481 e. The van der Waals surface area contributed by atoms with Gasteiger partial charge in [-0.15, -0.1) is 0 Å². The Morgan fingerprint density at radius 1 is 1.45 bits per heavy atom. The predicted octanol–water partition coefficient (Wildman–Crippen LogP) is -0.396. The van der Waals surface area contributed by atoms with E-state index in [2.05, 4.69) is 15.4 Å². The van der Waals surface area contributed by atoms with Crippen LogP contribution in [0.1, 0.15) is 11.4 Å². The summed E-state index contributed by atoms with van der Waals surface area (Å²) in [7, 11) is 0. The maximum absolute atomic E-state index is 10.5. The van der Waals surface area contributed by atoms with Gasteiger partial charge in [0.25, 0.3) is 0 Å². The fourth-order valence-corrected chi connectivity index (χ4v) is 1.32. The highest BCUT2D eigenvalue weighted by molar-refractivity contribution is 5.71. The topological polar surface area (TPSA) is 78.9 Å². The molecule has 5 nitrogen and oxygen atoms in total. The first kappa shape index (κ1) is 6.33. The highest BCUT2D eigenvalue weighted by Crippen LogP contribution is 2.22. The van der Waals surface area contributed by atoms with Crippen molar-refractivity contribution in [2.24, 2.45) is 5.92 Å². The molecule has 2 rings (SSSR count). The molecule has 0 unspecified atom stereocenters. The molecule has 2 N–H and O–H groups in total. The summed E-state index contributed by atoms with van der Waals surface area (Å²) < 4.78 is 0. The van der Waals surface area contributed by atoms with Crippen molar-refractivity contribution in [3.05, 3.63) is 11.4 Å². The number of hydrogen-bond donors (Lipinski definition) is 2. The monoisotopic (exact) mass is 153 g/mol. The second-order valence-corrected chi connectivity index (χ2v) is 2.66. The van der Waals surface area contributed by atoms with Crippen molar-refractivity contribution >= 4 is 5.97 Å². The molecule has 0 aromatic carbocycles. The van der Waals surface area contributed by atoms with Gasteiger partial charge < -0.3 is 5.11 Å². The summed E-state index contributed by atoms with van der Waals surface area (Å²) in [6.07, 6.45) is 1.03. The van der Waals surface area contributed by atoms with E-state index < -0.39 is 5.97 Å². The van der Waals surface area contributed by atoms with Gasteiger partial charge in [0.15, 0.2) is 0 Å². The van der Waals surface area contributed by atoms with Crippen LogP contribution in [0.15, 0.2) is 0 Å². The lowest BCUT2D eigenvalue weighted by atomic mass is 10.1. The number of carboxylic acids is 1. The van der Waals surface area contributed by atoms with Gasteiger partial charge in [0.1, 0.15) is 0 Å². The Labute approximate surface area is 62.4 Å². The van der Waals surface area contributed by atoms with E-state index in [1.807, 2.05) is 0 Å². The number of carboxylic acid groups (broad SMARTS) is 1. The molecule has 0 saturated heterocycles. The van der Waals surface area contributed by atoms with Crippen LogP contribution in [0.25, 0.3) is 0 Å². The Balaban J connectivity index is 2.22. The van der Waals surface area contributed by atoms with Crippen molar-refractivity contribution in [2.45, 2.75) is 12.8 Å². The van der Waals surface area contributed by atoms with E-state index in [9.17, 15) is 4.79 Å². The number of aliphatic carboxylic acids is 1. The zero-order chi connectivity index (χ0) is 7.84. The number of hydrogen-bond acceptors (Lipinski definition) is 3. The van der Waals surface area contributed by atoms with Crippen LogP contribution in [0.2, 0.25) is 0 Å². The maximum Gasteiger partial charge on any atom is 0.307 e. The van der Waals surface area contributed by atoms with Gasteiger partial charge in [0, 0.05) is 12.8 Å². The van der Waals surface area contributed by atoms with Gasteiger partial charge in [-0.25, -0.2) is 0 Å². The molecule has 0 aliphatic heterocycles. The fourth-order valence-electron chi connectivity index (χ4n) is 1.32. The molecule has 0 saturated carbocycles. The molecule has 0 fully saturated rings. The van der Waals surface area contributed by atoms with Crippen molar-refractivity contribution in [2.75, 3.05) is 0 Å². The van der Waals surface area contributed by atoms with E-state index >= 15 is 0 Å². The fraction of sp³-hybridized carbons (Fsp3) is 0.500. The minimum Gasteiger partial charge on any atom is -0.481 e.